The molecule has 12 aromatic rings. The lowest BCUT2D eigenvalue weighted by atomic mass is 9.85. The van der Waals surface area contributed by atoms with Gasteiger partial charge >= 0.3 is 0 Å². The van der Waals surface area contributed by atoms with Gasteiger partial charge in [-0.05, 0) is 115 Å². The average molecular weight is 763 g/mol. The van der Waals surface area contributed by atoms with E-state index in [9.17, 15) is 0 Å². The molecule has 11 aromatic carbocycles. The summed E-state index contributed by atoms with van der Waals surface area (Å²) in [5, 5.41) is 12.3. The minimum atomic E-state index is 1.10. The summed E-state index contributed by atoms with van der Waals surface area (Å²) in [6.45, 7) is 0. The maximum atomic E-state index is 2.47. The first-order chi connectivity index (χ1) is 29.8. The Labute approximate surface area is 348 Å². The Morgan fingerprint density at radius 2 is 0.817 bits per heavy atom. The number of hydrogen-bond donors (Lipinski definition) is 0. The summed E-state index contributed by atoms with van der Waals surface area (Å²) in [4.78, 5) is 2.47. The van der Waals surface area contributed by atoms with Gasteiger partial charge in [-0.2, -0.15) is 0 Å². The first kappa shape index (κ1) is 34.1. The minimum Gasteiger partial charge on any atom is -0.310 e. The molecule has 0 amide bonds. The SMILES string of the molecule is c1ccc(-c2c(-c3ccccc3)c3cc(N(c4ccc5c(c4)c4ccccc4n5-c4ccc5ccccc5c4)c4cccc5ccccc45)ccc3c3ccccc23)cc1. The lowest BCUT2D eigenvalue weighted by Gasteiger charge is -2.28. The second-order valence-corrected chi connectivity index (χ2v) is 15.7. The van der Waals surface area contributed by atoms with Gasteiger partial charge in [0.1, 0.15) is 0 Å². The van der Waals surface area contributed by atoms with Crippen LogP contribution in [-0.4, -0.2) is 4.57 Å². The number of benzene rings is 11. The van der Waals surface area contributed by atoms with Crippen molar-refractivity contribution in [3.05, 3.63) is 231 Å². The van der Waals surface area contributed by atoms with Crippen LogP contribution < -0.4 is 4.90 Å². The second-order valence-electron chi connectivity index (χ2n) is 15.7. The summed E-state index contributed by atoms with van der Waals surface area (Å²) >= 11 is 0. The molecule has 0 radical (unpaired) electrons. The minimum absolute atomic E-state index is 1.10. The molecule has 0 bridgehead atoms. The lowest BCUT2D eigenvalue weighted by Crippen LogP contribution is -2.10. The van der Waals surface area contributed by atoms with Crippen molar-refractivity contribution in [2.24, 2.45) is 0 Å². The Hall–Kier alpha value is -7.94. The zero-order valence-corrected chi connectivity index (χ0v) is 32.8. The van der Waals surface area contributed by atoms with Crippen LogP contribution in [0.15, 0.2) is 231 Å². The van der Waals surface area contributed by atoms with Crippen molar-refractivity contribution in [2.75, 3.05) is 4.90 Å². The molecule has 60 heavy (non-hydrogen) atoms. The maximum absolute atomic E-state index is 2.47. The van der Waals surface area contributed by atoms with Gasteiger partial charge in [-0.25, -0.2) is 0 Å². The largest absolute Gasteiger partial charge is 0.310 e. The zero-order chi connectivity index (χ0) is 39.6. The fraction of sp³-hybridized carbons (Fsp3) is 0. The fourth-order valence-electron chi connectivity index (χ4n) is 9.65. The van der Waals surface area contributed by atoms with Crippen LogP contribution in [0.5, 0.6) is 0 Å². The van der Waals surface area contributed by atoms with E-state index in [0.717, 1.165) is 22.7 Å². The van der Waals surface area contributed by atoms with Gasteiger partial charge in [0, 0.05) is 33.2 Å². The number of aromatic nitrogens is 1. The van der Waals surface area contributed by atoms with Crippen LogP contribution >= 0.6 is 0 Å². The third-order valence-corrected chi connectivity index (χ3v) is 12.3. The molecule has 0 atom stereocenters. The van der Waals surface area contributed by atoms with Crippen LogP contribution in [0.2, 0.25) is 0 Å². The summed E-state index contributed by atoms with van der Waals surface area (Å²) < 4.78 is 2.42. The standard InChI is InChI=1S/C58H38N2/c1-3-18-41(19-4-1)57-51-27-12-11-25-48(51)49-34-32-45(38-53(49)58(57)42-20-5-2-6-21-42)59(54-29-15-23-40-17-9-10-24-47(40)54)46-33-35-56-52(37-46)50-26-13-14-28-55(50)60(56)44-31-30-39-16-7-8-22-43(39)36-44/h1-38H. The van der Waals surface area contributed by atoms with Crippen molar-refractivity contribution in [3.8, 4) is 27.9 Å². The molecule has 0 unspecified atom stereocenters. The number of fused-ring (bicyclic) bond motifs is 8. The second kappa shape index (κ2) is 13.9. The zero-order valence-electron chi connectivity index (χ0n) is 32.8. The Morgan fingerprint density at radius 1 is 0.283 bits per heavy atom. The van der Waals surface area contributed by atoms with Crippen LogP contribution in [0.4, 0.5) is 17.1 Å². The van der Waals surface area contributed by atoms with Crippen LogP contribution in [-0.2, 0) is 0 Å². The fourth-order valence-corrected chi connectivity index (χ4v) is 9.65. The summed E-state index contributed by atoms with van der Waals surface area (Å²) in [7, 11) is 0. The van der Waals surface area contributed by atoms with E-state index in [1.54, 1.807) is 0 Å². The molecular weight excluding hydrogens is 725 g/mol. The molecule has 0 saturated carbocycles. The molecule has 280 valence electrons. The summed E-state index contributed by atoms with van der Waals surface area (Å²) in [5.74, 6) is 0. The molecule has 0 fully saturated rings. The highest BCUT2D eigenvalue weighted by molar-refractivity contribution is 6.22. The van der Waals surface area contributed by atoms with Crippen LogP contribution in [0.25, 0.3) is 92.8 Å². The number of hydrogen-bond acceptors (Lipinski definition) is 1. The molecule has 2 heteroatoms. The van der Waals surface area contributed by atoms with Gasteiger partial charge < -0.3 is 9.47 Å². The number of nitrogens with zero attached hydrogens (tertiary/aromatic N) is 2. The monoisotopic (exact) mass is 762 g/mol. The number of para-hydroxylation sites is 1. The Kier molecular flexibility index (Phi) is 7.89. The van der Waals surface area contributed by atoms with Crippen LogP contribution in [0.1, 0.15) is 0 Å². The van der Waals surface area contributed by atoms with E-state index in [1.165, 1.54) is 87.1 Å². The van der Waals surface area contributed by atoms with Crippen molar-refractivity contribution in [3.63, 3.8) is 0 Å². The van der Waals surface area contributed by atoms with Crippen molar-refractivity contribution >= 4 is 82.0 Å². The van der Waals surface area contributed by atoms with Gasteiger partial charge in [0.25, 0.3) is 0 Å². The lowest BCUT2D eigenvalue weighted by molar-refractivity contribution is 1.18. The van der Waals surface area contributed by atoms with E-state index in [-0.39, 0.29) is 0 Å². The average Bonchev–Trinajstić information content (AvgIpc) is 3.65. The summed E-state index contributed by atoms with van der Waals surface area (Å²) in [5.41, 5.74) is 11.8. The smallest absolute Gasteiger partial charge is 0.0542 e. The molecule has 0 aliphatic carbocycles. The predicted octanol–water partition coefficient (Wildman–Crippen LogP) is 16.2. The predicted molar refractivity (Wildman–Crippen MR) is 256 cm³/mol. The molecule has 0 spiro atoms. The number of anilines is 3. The van der Waals surface area contributed by atoms with Crippen molar-refractivity contribution in [1.29, 1.82) is 0 Å². The van der Waals surface area contributed by atoms with E-state index in [2.05, 4.69) is 240 Å². The van der Waals surface area contributed by atoms with Crippen molar-refractivity contribution < 1.29 is 0 Å². The molecule has 1 aromatic heterocycles. The van der Waals surface area contributed by atoms with E-state index in [0.29, 0.717) is 0 Å². The van der Waals surface area contributed by atoms with Gasteiger partial charge in [0.2, 0.25) is 0 Å². The van der Waals surface area contributed by atoms with E-state index in [4.69, 9.17) is 0 Å². The Morgan fingerprint density at radius 3 is 1.58 bits per heavy atom. The van der Waals surface area contributed by atoms with E-state index < -0.39 is 0 Å². The topological polar surface area (TPSA) is 8.17 Å². The third kappa shape index (κ3) is 5.42. The van der Waals surface area contributed by atoms with Gasteiger partial charge in [-0.15, -0.1) is 0 Å². The van der Waals surface area contributed by atoms with Crippen molar-refractivity contribution in [2.45, 2.75) is 0 Å². The van der Waals surface area contributed by atoms with Gasteiger partial charge in [0.15, 0.2) is 0 Å². The number of rotatable bonds is 6. The molecule has 2 nitrogen and oxygen atoms in total. The molecule has 0 aliphatic heterocycles. The van der Waals surface area contributed by atoms with E-state index in [1.807, 2.05) is 0 Å². The highest BCUT2D eigenvalue weighted by atomic mass is 15.1. The van der Waals surface area contributed by atoms with E-state index >= 15 is 0 Å². The molecule has 0 N–H and O–H groups in total. The maximum Gasteiger partial charge on any atom is 0.0542 e. The first-order valence-corrected chi connectivity index (χ1v) is 20.7. The Bertz CT molecular complexity index is 3600. The van der Waals surface area contributed by atoms with Crippen LogP contribution in [0.3, 0.4) is 0 Å². The van der Waals surface area contributed by atoms with Gasteiger partial charge in [-0.3, -0.25) is 0 Å². The summed E-state index contributed by atoms with van der Waals surface area (Å²) in [6, 6.07) is 84.4. The van der Waals surface area contributed by atoms with Crippen LogP contribution in [0, 0.1) is 0 Å². The quantitative estimate of drug-likeness (QED) is 0.153. The molecular formula is C58H38N2. The summed E-state index contributed by atoms with van der Waals surface area (Å²) in [6.07, 6.45) is 0. The molecule has 0 aliphatic rings. The highest BCUT2D eigenvalue weighted by Gasteiger charge is 2.22. The highest BCUT2D eigenvalue weighted by Crippen LogP contribution is 2.48. The molecule has 12 rings (SSSR count). The van der Waals surface area contributed by atoms with Gasteiger partial charge in [-0.1, -0.05) is 176 Å². The molecule has 0 saturated heterocycles. The van der Waals surface area contributed by atoms with Gasteiger partial charge in [0.05, 0.1) is 16.7 Å². The normalized spacial score (nSPS) is 11.7. The molecule has 1 heterocycles. The van der Waals surface area contributed by atoms with Crippen molar-refractivity contribution in [1.82, 2.24) is 4.57 Å². The third-order valence-electron chi connectivity index (χ3n) is 12.3. The Balaban J connectivity index is 1.15. The first-order valence-electron chi connectivity index (χ1n) is 20.7.